The highest BCUT2D eigenvalue weighted by Crippen LogP contribution is 2.29. The fraction of sp³-hybridized carbons (Fsp3) is 0.333. The van der Waals surface area contributed by atoms with Gasteiger partial charge < -0.3 is 14.7 Å². The molecule has 1 aliphatic heterocycles. The van der Waals surface area contributed by atoms with Crippen molar-refractivity contribution in [1.82, 2.24) is 24.3 Å². The largest absolute Gasteiger partial charge is 0.477 e. The molecule has 0 atom stereocenters. The molecule has 0 amide bonds. The molecule has 4 aromatic heterocycles. The third-order valence-electron chi connectivity index (χ3n) is 6.23. The summed E-state index contributed by atoms with van der Waals surface area (Å²) in [6, 6.07) is 3.61. The summed E-state index contributed by atoms with van der Waals surface area (Å²) in [5, 5.41) is 16.5. The van der Waals surface area contributed by atoms with Crippen molar-refractivity contribution < 1.29 is 19.4 Å². The van der Waals surface area contributed by atoms with Gasteiger partial charge in [0.05, 0.1) is 36.6 Å². The van der Waals surface area contributed by atoms with E-state index in [9.17, 15) is 19.5 Å². The minimum absolute atomic E-state index is 0.117. The molecule has 36 heavy (non-hydrogen) atoms. The first kappa shape index (κ1) is 23.8. The Labute approximate surface area is 209 Å². The van der Waals surface area contributed by atoms with Crippen molar-refractivity contribution in [2.24, 2.45) is 5.92 Å². The van der Waals surface area contributed by atoms with Crippen LogP contribution in [-0.4, -0.2) is 68.0 Å². The first-order chi connectivity index (χ1) is 17.4. The minimum Gasteiger partial charge on any atom is -0.477 e. The van der Waals surface area contributed by atoms with Crippen LogP contribution in [0.5, 0.6) is 0 Å². The monoisotopic (exact) mass is 508 g/mol. The van der Waals surface area contributed by atoms with Crippen LogP contribution in [0.4, 0.5) is 5.82 Å². The summed E-state index contributed by atoms with van der Waals surface area (Å²) >= 11 is 1.31. The molecule has 5 heterocycles. The maximum atomic E-state index is 12.9. The smallest absolute Gasteiger partial charge is 0.341 e. The lowest BCUT2D eigenvalue weighted by atomic mass is 9.92. The summed E-state index contributed by atoms with van der Waals surface area (Å²) in [6.07, 6.45) is 4.99. The number of aromatic nitrogens is 5. The second-order valence-corrected chi connectivity index (χ2v) is 9.54. The van der Waals surface area contributed by atoms with Gasteiger partial charge in [-0.25, -0.2) is 14.8 Å². The van der Waals surface area contributed by atoms with Gasteiger partial charge in [-0.3, -0.25) is 18.8 Å². The number of rotatable bonds is 9. The molecule has 186 valence electrons. The molecular formula is C24H24N6O5S. The number of hydrogen-bond acceptors (Lipinski definition) is 9. The van der Waals surface area contributed by atoms with Crippen molar-refractivity contribution >= 4 is 39.9 Å². The maximum Gasteiger partial charge on any atom is 0.341 e. The van der Waals surface area contributed by atoms with E-state index < -0.39 is 11.4 Å². The zero-order valence-corrected chi connectivity index (χ0v) is 20.6. The Kier molecular flexibility index (Phi) is 6.37. The molecule has 5 rings (SSSR count). The fourth-order valence-corrected chi connectivity index (χ4v) is 4.89. The molecule has 0 bridgehead atoms. The highest BCUT2D eigenvalue weighted by atomic mass is 32.1. The Morgan fingerprint density at radius 1 is 1.31 bits per heavy atom. The molecule has 12 heteroatoms. The van der Waals surface area contributed by atoms with Crippen LogP contribution >= 0.6 is 11.3 Å². The number of nitrogens with zero attached hydrogens (tertiary/aromatic N) is 6. The van der Waals surface area contributed by atoms with Crippen molar-refractivity contribution in [1.29, 1.82) is 0 Å². The Hall–Kier alpha value is -3.90. The number of methoxy groups -OCH3 is 1. The minimum atomic E-state index is -1.30. The van der Waals surface area contributed by atoms with Gasteiger partial charge in [0.2, 0.25) is 5.43 Å². The molecule has 4 aromatic rings. The van der Waals surface area contributed by atoms with E-state index in [1.807, 2.05) is 17.2 Å². The van der Waals surface area contributed by atoms with Crippen molar-refractivity contribution in [2.45, 2.75) is 19.9 Å². The van der Waals surface area contributed by atoms with Crippen LogP contribution in [0.2, 0.25) is 0 Å². The van der Waals surface area contributed by atoms with Crippen LogP contribution in [0.1, 0.15) is 21.6 Å². The quantitative estimate of drug-likeness (QED) is 0.360. The maximum absolute atomic E-state index is 12.9. The number of thiazole rings is 1. The number of carbonyl (C=O) groups excluding carboxylic acids is 1. The van der Waals surface area contributed by atoms with Gasteiger partial charge in [0, 0.05) is 44.2 Å². The zero-order valence-electron chi connectivity index (χ0n) is 19.7. The van der Waals surface area contributed by atoms with Crippen molar-refractivity contribution in [2.75, 3.05) is 31.7 Å². The second-order valence-electron chi connectivity index (χ2n) is 8.67. The normalized spacial score (nSPS) is 13.8. The van der Waals surface area contributed by atoms with E-state index in [1.54, 1.807) is 40.9 Å². The third-order valence-corrected chi connectivity index (χ3v) is 7.01. The summed E-state index contributed by atoms with van der Waals surface area (Å²) in [4.78, 5) is 48.4. The van der Waals surface area contributed by atoms with Crippen molar-refractivity contribution in [3.63, 3.8) is 0 Å². The van der Waals surface area contributed by atoms with E-state index in [4.69, 9.17) is 9.72 Å². The average Bonchev–Trinajstić information content (AvgIpc) is 3.49. The van der Waals surface area contributed by atoms with E-state index in [1.165, 1.54) is 17.5 Å². The number of pyridine rings is 2. The topological polar surface area (TPSA) is 132 Å². The van der Waals surface area contributed by atoms with Crippen LogP contribution in [0.15, 0.2) is 40.9 Å². The van der Waals surface area contributed by atoms with Crippen LogP contribution in [-0.2, 0) is 22.5 Å². The fourth-order valence-electron chi connectivity index (χ4n) is 4.27. The molecule has 11 nitrogen and oxygen atoms in total. The van der Waals surface area contributed by atoms with Gasteiger partial charge in [0.25, 0.3) is 0 Å². The van der Waals surface area contributed by atoms with Gasteiger partial charge in [-0.2, -0.15) is 5.10 Å². The lowest BCUT2D eigenvalue weighted by Gasteiger charge is -2.39. The summed E-state index contributed by atoms with van der Waals surface area (Å²) in [6.45, 7) is 3.97. The Morgan fingerprint density at radius 2 is 2.11 bits per heavy atom. The highest BCUT2D eigenvalue weighted by molar-refractivity contribution is 7.12. The summed E-state index contributed by atoms with van der Waals surface area (Å²) < 4.78 is 8.36. The number of Topliss-reactive ketones (excluding diaryl/α,β-unsaturated/α-hetero) is 1. The van der Waals surface area contributed by atoms with Crippen LogP contribution in [0.25, 0.3) is 16.2 Å². The van der Waals surface area contributed by atoms with Gasteiger partial charge in [0.1, 0.15) is 17.2 Å². The molecule has 0 aliphatic carbocycles. The average molecular weight is 509 g/mol. The second kappa shape index (κ2) is 9.63. The number of fused-ring (bicyclic) bond motifs is 1. The molecule has 1 aliphatic rings. The Balaban J connectivity index is 1.38. The molecule has 0 radical (unpaired) electrons. The number of anilines is 1. The molecule has 1 saturated heterocycles. The zero-order chi connectivity index (χ0) is 25.4. The number of ether oxygens (including phenoxy) is 1. The molecule has 0 aromatic carbocycles. The third kappa shape index (κ3) is 4.40. The number of carboxylic acid groups (broad SMARTS) is 1. The predicted molar refractivity (Wildman–Crippen MR) is 133 cm³/mol. The molecule has 0 saturated carbocycles. The number of aromatic carboxylic acids is 1. The molecule has 1 N–H and O–H groups in total. The number of aryl methyl sites for hydroxylation is 1. The molecule has 0 spiro atoms. The lowest BCUT2D eigenvalue weighted by molar-refractivity contribution is -0.123. The predicted octanol–water partition coefficient (Wildman–Crippen LogP) is 1.94. The number of hydrogen-bond donors (Lipinski definition) is 1. The molecule has 1 fully saturated rings. The Morgan fingerprint density at radius 3 is 2.81 bits per heavy atom. The number of carbonyl (C=O) groups is 2. The first-order valence-electron chi connectivity index (χ1n) is 11.3. The van der Waals surface area contributed by atoms with Gasteiger partial charge in [-0.05, 0) is 24.6 Å². The number of carboxylic acids is 1. The van der Waals surface area contributed by atoms with Crippen molar-refractivity contribution in [3.05, 3.63) is 63.1 Å². The van der Waals surface area contributed by atoms with Gasteiger partial charge in [-0.1, -0.05) is 0 Å². The standard InChI is InChI=1S/C24H24N6O5S/c1-14-9-19(28-11-15(12-28)18(31)10-16-3-5-29(27-16)6-7-35-2)26-22-20(14)21(32)17(23(33)34)13-30(22)24-25-4-8-36-24/h3-5,8-9,13,15H,6-7,10-12H2,1-2H3,(H,33,34). The number of ketones is 1. The van der Waals surface area contributed by atoms with E-state index in [-0.39, 0.29) is 29.1 Å². The summed E-state index contributed by atoms with van der Waals surface area (Å²) in [7, 11) is 1.63. The lowest BCUT2D eigenvalue weighted by Crippen LogP contribution is -2.51. The summed E-state index contributed by atoms with van der Waals surface area (Å²) in [5.74, 6) is -0.696. The highest BCUT2D eigenvalue weighted by Gasteiger charge is 2.34. The van der Waals surface area contributed by atoms with E-state index in [0.29, 0.717) is 48.4 Å². The Bertz CT molecular complexity index is 1500. The van der Waals surface area contributed by atoms with Crippen LogP contribution in [0.3, 0.4) is 0 Å². The van der Waals surface area contributed by atoms with Crippen LogP contribution in [0, 0.1) is 12.8 Å². The van der Waals surface area contributed by atoms with Gasteiger partial charge in [0.15, 0.2) is 10.8 Å². The van der Waals surface area contributed by atoms with E-state index in [0.717, 1.165) is 5.69 Å². The van der Waals surface area contributed by atoms with Gasteiger partial charge >= 0.3 is 5.97 Å². The van der Waals surface area contributed by atoms with E-state index >= 15 is 0 Å². The SMILES string of the molecule is COCCn1ccc(CC(=O)C2CN(c3cc(C)c4c(=O)c(C(=O)O)cn(-c5nccs5)c4n3)C2)n1. The van der Waals surface area contributed by atoms with Crippen LogP contribution < -0.4 is 10.3 Å². The van der Waals surface area contributed by atoms with E-state index in [2.05, 4.69) is 10.1 Å². The molecular weight excluding hydrogens is 484 g/mol. The first-order valence-corrected chi connectivity index (χ1v) is 12.2. The van der Waals surface area contributed by atoms with Crippen molar-refractivity contribution in [3.8, 4) is 5.13 Å². The summed E-state index contributed by atoms with van der Waals surface area (Å²) in [5.41, 5.74) is 0.769. The van der Waals surface area contributed by atoms with Gasteiger partial charge in [-0.15, -0.1) is 11.3 Å². The molecule has 0 unspecified atom stereocenters.